The van der Waals surface area contributed by atoms with Crippen LogP contribution in [-0.2, 0) is 14.4 Å². The first-order valence-corrected chi connectivity index (χ1v) is 8.87. The number of nitrogens with one attached hydrogen (secondary N) is 1. The summed E-state index contributed by atoms with van der Waals surface area (Å²) in [6.07, 6.45) is 5.21. The molecular weight excluding hydrogens is 316 g/mol. The summed E-state index contributed by atoms with van der Waals surface area (Å²) in [6.45, 7) is 4.12. The van der Waals surface area contributed by atoms with Gasteiger partial charge in [0.05, 0.1) is 11.8 Å². The van der Waals surface area contributed by atoms with Gasteiger partial charge in [0.2, 0.25) is 17.7 Å². The summed E-state index contributed by atoms with van der Waals surface area (Å²) in [5.74, 6) is -0.320. The van der Waals surface area contributed by atoms with Gasteiger partial charge in [-0.15, -0.1) is 0 Å². The fourth-order valence-corrected chi connectivity index (χ4v) is 4.50. The molecule has 1 saturated carbocycles. The number of aryl methyl sites for hydroxylation is 1. The molecule has 2 aliphatic carbocycles. The molecule has 2 fully saturated rings. The quantitative estimate of drug-likeness (QED) is 0.677. The van der Waals surface area contributed by atoms with Gasteiger partial charge in [0.25, 0.3) is 0 Å². The third-order valence-corrected chi connectivity index (χ3v) is 6.00. The van der Waals surface area contributed by atoms with Gasteiger partial charge >= 0.3 is 0 Å². The third-order valence-electron chi connectivity index (χ3n) is 6.00. The molecule has 1 aromatic rings. The predicted molar refractivity (Wildman–Crippen MR) is 93.6 cm³/mol. The Hall–Kier alpha value is -2.43. The van der Waals surface area contributed by atoms with Crippen LogP contribution in [0.15, 0.2) is 30.4 Å². The number of likely N-dealkylation sites (tertiary alicyclic amines) is 1. The number of hydrogen-bond donors (Lipinski definition) is 1. The van der Waals surface area contributed by atoms with Crippen molar-refractivity contribution in [3.05, 3.63) is 41.5 Å². The molecule has 0 spiro atoms. The molecule has 4 atom stereocenters. The van der Waals surface area contributed by atoms with E-state index in [1.54, 1.807) is 0 Å². The van der Waals surface area contributed by atoms with Gasteiger partial charge in [-0.05, 0) is 49.3 Å². The van der Waals surface area contributed by atoms with E-state index >= 15 is 0 Å². The van der Waals surface area contributed by atoms with Crippen LogP contribution in [0.25, 0.3) is 0 Å². The molecule has 3 aliphatic rings. The van der Waals surface area contributed by atoms with Crippen LogP contribution in [0.5, 0.6) is 0 Å². The Balaban J connectivity index is 1.39. The summed E-state index contributed by atoms with van der Waals surface area (Å²) >= 11 is 0. The van der Waals surface area contributed by atoms with Gasteiger partial charge in [-0.2, -0.15) is 0 Å². The molecular formula is C20H22N2O3. The van der Waals surface area contributed by atoms with Gasteiger partial charge in [0.1, 0.15) is 0 Å². The number of imide groups is 1. The van der Waals surface area contributed by atoms with Gasteiger partial charge in [-0.25, -0.2) is 0 Å². The minimum atomic E-state index is -0.190. The Morgan fingerprint density at radius 1 is 1.12 bits per heavy atom. The number of hydrogen-bond acceptors (Lipinski definition) is 3. The summed E-state index contributed by atoms with van der Waals surface area (Å²) in [4.78, 5) is 38.8. The van der Waals surface area contributed by atoms with Crippen molar-refractivity contribution in [1.82, 2.24) is 4.90 Å². The number of anilines is 1. The lowest BCUT2D eigenvalue weighted by atomic mass is 9.85. The first kappa shape index (κ1) is 16.1. The molecule has 0 unspecified atom stereocenters. The zero-order valence-corrected chi connectivity index (χ0v) is 14.5. The van der Waals surface area contributed by atoms with Gasteiger partial charge < -0.3 is 5.32 Å². The molecule has 25 heavy (non-hydrogen) atoms. The smallest absolute Gasteiger partial charge is 0.233 e. The van der Waals surface area contributed by atoms with Crippen molar-refractivity contribution >= 4 is 23.4 Å². The van der Waals surface area contributed by atoms with Crippen LogP contribution in [0.3, 0.4) is 0 Å². The third kappa shape index (κ3) is 2.49. The Morgan fingerprint density at radius 2 is 1.76 bits per heavy atom. The van der Waals surface area contributed by atoms with Crippen LogP contribution in [0.4, 0.5) is 5.69 Å². The maximum absolute atomic E-state index is 12.6. The fourth-order valence-electron chi connectivity index (χ4n) is 4.50. The van der Waals surface area contributed by atoms with Gasteiger partial charge in [-0.1, -0.05) is 24.3 Å². The molecule has 1 aromatic carbocycles. The van der Waals surface area contributed by atoms with Crippen molar-refractivity contribution < 1.29 is 14.4 Å². The van der Waals surface area contributed by atoms with E-state index in [1.807, 2.05) is 32.0 Å². The second-order valence-corrected chi connectivity index (χ2v) is 7.37. The predicted octanol–water partition coefficient (Wildman–Crippen LogP) is 2.44. The highest BCUT2D eigenvalue weighted by Gasteiger charge is 2.58. The number of benzene rings is 1. The standard InChI is InChI=1S/C20H22N2O3/c1-11-4-3-5-15(12(11)2)21-16(23)8-9-22-19(24)17-13-6-7-14(10-13)18(17)20(22)25/h3-7,13-14,17-18H,8-10H2,1-2H3,(H,21,23)/t13-,14+,17-,18+. The zero-order valence-electron chi connectivity index (χ0n) is 14.5. The highest BCUT2D eigenvalue weighted by Crippen LogP contribution is 2.52. The Bertz CT molecular complexity index is 768. The molecule has 3 amide bonds. The topological polar surface area (TPSA) is 66.5 Å². The normalized spacial score (nSPS) is 29.4. The summed E-state index contributed by atoms with van der Waals surface area (Å²) in [7, 11) is 0. The van der Waals surface area contributed by atoms with E-state index in [0.29, 0.717) is 0 Å². The molecule has 1 aliphatic heterocycles. The van der Waals surface area contributed by atoms with Crippen LogP contribution in [0, 0.1) is 37.5 Å². The van der Waals surface area contributed by atoms with Gasteiger partial charge in [0, 0.05) is 18.7 Å². The molecule has 5 heteroatoms. The minimum absolute atomic E-state index is 0.0913. The average molecular weight is 338 g/mol. The number of carbonyl (C=O) groups excluding carboxylic acids is 3. The van der Waals surface area contributed by atoms with E-state index in [1.165, 1.54) is 4.90 Å². The maximum atomic E-state index is 12.6. The Labute approximate surface area is 147 Å². The Morgan fingerprint density at radius 3 is 2.40 bits per heavy atom. The molecule has 1 heterocycles. The van der Waals surface area contributed by atoms with E-state index in [0.717, 1.165) is 23.2 Å². The van der Waals surface area contributed by atoms with Crippen molar-refractivity contribution in [2.24, 2.45) is 23.7 Å². The second kappa shape index (κ2) is 5.83. The number of fused-ring (bicyclic) bond motifs is 5. The van der Waals surface area contributed by atoms with Crippen molar-refractivity contribution in [3.8, 4) is 0 Å². The molecule has 1 saturated heterocycles. The van der Waals surface area contributed by atoms with Crippen molar-refractivity contribution in [1.29, 1.82) is 0 Å². The number of allylic oxidation sites excluding steroid dienone is 2. The molecule has 0 aromatic heterocycles. The fraction of sp³-hybridized carbons (Fsp3) is 0.450. The number of nitrogens with zero attached hydrogens (tertiary/aromatic N) is 1. The number of carbonyl (C=O) groups is 3. The number of amides is 3. The second-order valence-electron chi connectivity index (χ2n) is 7.37. The number of rotatable bonds is 4. The summed E-state index contributed by atoms with van der Waals surface area (Å²) in [6, 6.07) is 5.75. The van der Waals surface area contributed by atoms with E-state index < -0.39 is 0 Å². The average Bonchev–Trinajstić information content (AvgIpc) is 3.25. The van der Waals surface area contributed by atoms with E-state index in [4.69, 9.17) is 0 Å². The van der Waals surface area contributed by atoms with Gasteiger partial charge in [-0.3, -0.25) is 19.3 Å². The summed E-state index contributed by atoms with van der Waals surface area (Å²) in [5.41, 5.74) is 2.92. The lowest BCUT2D eigenvalue weighted by Crippen LogP contribution is -2.35. The van der Waals surface area contributed by atoms with Crippen molar-refractivity contribution in [2.45, 2.75) is 26.7 Å². The van der Waals surface area contributed by atoms with E-state index in [9.17, 15) is 14.4 Å². The SMILES string of the molecule is Cc1cccc(NC(=O)CCN2C(=O)[C@@H]3[C@H](C2=O)[C@@H]2C=C[C@H]3C2)c1C. The highest BCUT2D eigenvalue weighted by atomic mass is 16.2. The van der Waals surface area contributed by atoms with Crippen LogP contribution in [0.2, 0.25) is 0 Å². The molecule has 2 bridgehead atoms. The van der Waals surface area contributed by atoms with E-state index in [-0.39, 0.29) is 54.4 Å². The summed E-state index contributed by atoms with van der Waals surface area (Å²) < 4.78 is 0. The molecule has 1 N–H and O–H groups in total. The van der Waals surface area contributed by atoms with E-state index in [2.05, 4.69) is 17.5 Å². The maximum Gasteiger partial charge on any atom is 0.233 e. The molecule has 130 valence electrons. The summed E-state index contributed by atoms with van der Waals surface area (Å²) in [5, 5.41) is 2.88. The largest absolute Gasteiger partial charge is 0.326 e. The first-order valence-electron chi connectivity index (χ1n) is 8.87. The van der Waals surface area contributed by atoms with Crippen LogP contribution < -0.4 is 5.32 Å². The van der Waals surface area contributed by atoms with Crippen LogP contribution in [0.1, 0.15) is 24.0 Å². The monoisotopic (exact) mass is 338 g/mol. The lowest BCUT2D eigenvalue weighted by molar-refractivity contribution is -0.140. The first-order chi connectivity index (χ1) is 12.0. The zero-order chi connectivity index (χ0) is 17.7. The molecule has 0 radical (unpaired) electrons. The molecule has 5 nitrogen and oxygen atoms in total. The minimum Gasteiger partial charge on any atom is -0.326 e. The molecule has 4 rings (SSSR count). The Kier molecular flexibility index (Phi) is 3.74. The van der Waals surface area contributed by atoms with Gasteiger partial charge in [0.15, 0.2) is 0 Å². The van der Waals surface area contributed by atoms with Crippen LogP contribution in [-0.4, -0.2) is 29.2 Å². The van der Waals surface area contributed by atoms with Crippen LogP contribution >= 0.6 is 0 Å². The highest BCUT2D eigenvalue weighted by molar-refractivity contribution is 6.06. The van der Waals surface area contributed by atoms with Crippen molar-refractivity contribution in [3.63, 3.8) is 0 Å². The van der Waals surface area contributed by atoms with Crippen molar-refractivity contribution in [2.75, 3.05) is 11.9 Å². The lowest BCUT2D eigenvalue weighted by Gasteiger charge is -2.17.